The molecule has 0 bridgehead atoms. The molecule has 11 heteroatoms. The summed E-state index contributed by atoms with van der Waals surface area (Å²) in [5.41, 5.74) is 1.42. The van der Waals surface area contributed by atoms with Gasteiger partial charge in [-0.1, -0.05) is 44.0 Å². The van der Waals surface area contributed by atoms with Gasteiger partial charge in [-0.15, -0.1) is 0 Å². The van der Waals surface area contributed by atoms with Crippen LogP contribution < -0.4 is 5.32 Å². The number of urea groups is 1. The summed E-state index contributed by atoms with van der Waals surface area (Å²) in [7, 11) is 1.66. The molecule has 2 aliphatic heterocycles. The number of nitrogens with zero attached hydrogens (tertiary/aromatic N) is 4. The maximum atomic E-state index is 13.5. The number of carbonyl (C=O) groups excluding carboxylic acids is 3. The summed E-state index contributed by atoms with van der Waals surface area (Å²) in [6.45, 7) is 2.98. The number of amides is 4. The Kier molecular flexibility index (Phi) is 9.47. The van der Waals surface area contributed by atoms with E-state index < -0.39 is 18.2 Å². The van der Waals surface area contributed by atoms with Gasteiger partial charge in [-0.2, -0.15) is 0 Å². The molecular weight excluding hydrogens is 508 g/mol. The number of benzene rings is 2. The second-order valence-electron chi connectivity index (χ2n) is 9.85. The lowest BCUT2D eigenvalue weighted by Crippen LogP contribution is -2.76. The highest BCUT2D eigenvalue weighted by Gasteiger charge is 2.50. The molecule has 2 saturated heterocycles. The summed E-state index contributed by atoms with van der Waals surface area (Å²) >= 11 is 0. The highest BCUT2D eigenvalue weighted by Crippen LogP contribution is 2.28. The third kappa shape index (κ3) is 6.90. The predicted molar refractivity (Wildman–Crippen MR) is 140 cm³/mol. The standard InChI is InChI=1S/C28H35F2N5O4/c1-3-4-8-24-27(37)33(13-14-39-19-21-6-5-7-23(30)15-21)17-25-34(24)26(36)18-32(2)35(25)28(38)31-16-20-9-11-22(29)12-10-20/h5-7,9-12,15,24-25H,3-4,8,13-14,16-19H2,1-2H3,(H,31,38)/t24-,25-/m0/s1. The van der Waals surface area contributed by atoms with Crippen molar-refractivity contribution in [2.24, 2.45) is 0 Å². The summed E-state index contributed by atoms with van der Waals surface area (Å²) in [4.78, 5) is 43.2. The monoisotopic (exact) mass is 543 g/mol. The first-order valence-electron chi connectivity index (χ1n) is 13.2. The lowest BCUT2D eigenvalue weighted by atomic mass is 10.0. The fraction of sp³-hybridized carbons (Fsp3) is 0.464. The molecule has 0 radical (unpaired) electrons. The molecule has 1 N–H and O–H groups in total. The van der Waals surface area contributed by atoms with Gasteiger partial charge < -0.3 is 19.9 Å². The third-order valence-electron chi connectivity index (χ3n) is 7.00. The highest BCUT2D eigenvalue weighted by atomic mass is 19.1. The van der Waals surface area contributed by atoms with Gasteiger partial charge in [-0.3, -0.25) is 9.59 Å². The van der Waals surface area contributed by atoms with Gasteiger partial charge in [0.2, 0.25) is 11.8 Å². The van der Waals surface area contributed by atoms with Gasteiger partial charge in [0, 0.05) is 20.1 Å². The zero-order chi connectivity index (χ0) is 27.9. The van der Waals surface area contributed by atoms with E-state index in [1.807, 2.05) is 6.92 Å². The summed E-state index contributed by atoms with van der Waals surface area (Å²) in [6.07, 6.45) is 1.41. The van der Waals surface area contributed by atoms with Crippen molar-refractivity contribution in [3.8, 4) is 0 Å². The summed E-state index contributed by atoms with van der Waals surface area (Å²) in [6, 6.07) is 10.9. The molecule has 0 unspecified atom stereocenters. The van der Waals surface area contributed by atoms with E-state index in [2.05, 4.69) is 5.32 Å². The highest BCUT2D eigenvalue weighted by molar-refractivity contribution is 5.91. The molecular formula is C28H35F2N5O4. The normalized spacial score (nSPS) is 19.8. The SMILES string of the molecule is CCCC[C@H]1C(=O)N(CCOCc2cccc(F)c2)C[C@H]2N1C(=O)CN(C)N2C(=O)NCc1ccc(F)cc1. The van der Waals surface area contributed by atoms with E-state index in [9.17, 15) is 23.2 Å². The average molecular weight is 544 g/mol. The molecule has 2 heterocycles. The molecule has 2 aromatic carbocycles. The number of nitrogens with one attached hydrogen (secondary N) is 1. The molecule has 0 spiro atoms. The zero-order valence-electron chi connectivity index (χ0n) is 22.3. The molecule has 0 aromatic heterocycles. The van der Waals surface area contributed by atoms with Crippen LogP contribution in [0.2, 0.25) is 0 Å². The Morgan fingerprint density at radius 1 is 1.08 bits per heavy atom. The molecule has 39 heavy (non-hydrogen) atoms. The molecule has 0 saturated carbocycles. The van der Waals surface area contributed by atoms with Crippen molar-refractivity contribution in [3.05, 3.63) is 71.3 Å². The van der Waals surface area contributed by atoms with Crippen molar-refractivity contribution in [2.45, 2.75) is 51.5 Å². The van der Waals surface area contributed by atoms with Gasteiger partial charge in [-0.05, 0) is 41.8 Å². The summed E-state index contributed by atoms with van der Waals surface area (Å²) < 4.78 is 32.4. The Hall–Kier alpha value is -3.57. The van der Waals surface area contributed by atoms with Gasteiger partial charge in [0.1, 0.15) is 23.8 Å². The molecule has 210 valence electrons. The zero-order valence-corrected chi connectivity index (χ0v) is 22.3. The maximum absolute atomic E-state index is 13.5. The van der Waals surface area contributed by atoms with Crippen LogP contribution in [0.4, 0.5) is 13.6 Å². The van der Waals surface area contributed by atoms with Crippen LogP contribution >= 0.6 is 0 Å². The molecule has 4 rings (SSSR count). The number of piperazine rings is 1. The Morgan fingerprint density at radius 3 is 2.56 bits per heavy atom. The first-order chi connectivity index (χ1) is 18.8. The van der Waals surface area contributed by atoms with Crippen LogP contribution in [-0.4, -0.2) is 83.2 Å². The van der Waals surface area contributed by atoms with Crippen LogP contribution in [0.25, 0.3) is 0 Å². The minimum Gasteiger partial charge on any atom is -0.375 e. The van der Waals surface area contributed by atoms with Gasteiger partial charge in [-0.25, -0.2) is 23.6 Å². The van der Waals surface area contributed by atoms with E-state index in [0.717, 1.165) is 18.4 Å². The van der Waals surface area contributed by atoms with Crippen molar-refractivity contribution >= 4 is 17.8 Å². The lowest BCUT2D eigenvalue weighted by Gasteiger charge is -2.54. The number of likely N-dealkylation sites (N-methyl/N-ethyl adjacent to an activating group) is 1. The summed E-state index contributed by atoms with van der Waals surface area (Å²) in [5.74, 6) is -1.08. The fourth-order valence-corrected chi connectivity index (χ4v) is 5.03. The number of carbonyl (C=O) groups is 3. The smallest absolute Gasteiger partial charge is 0.334 e. The van der Waals surface area contributed by atoms with Crippen LogP contribution in [0.1, 0.15) is 37.3 Å². The number of hydrogen-bond acceptors (Lipinski definition) is 5. The first-order valence-corrected chi connectivity index (χ1v) is 13.2. The number of halogens is 2. The van der Waals surface area contributed by atoms with E-state index in [0.29, 0.717) is 12.0 Å². The van der Waals surface area contributed by atoms with Crippen LogP contribution in [0.15, 0.2) is 48.5 Å². The van der Waals surface area contributed by atoms with Crippen LogP contribution in [0.5, 0.6) is 0 Å². The van der Waals surface area contributed by atoms with Crippen LogP contribution in [0.3, 0.4) is 0 Å². The van der Waals surface area contributed by atoms with Gasteiger partial charge in [0.05, 0.1) is 26.3 Å². The number of hydrazine groups is 1. The van der Waals surface area contributed by atoms with Crippen LogP contribution in [-0.2, 0) is 27.5 Å². The van der Waals surface area contributed by atoms with Gasteiger partial charge in [0.25, 0.3) is 0 Å². The molecule has 2 atom stereocenters. The number of rotatable bonds is 10. The van der Waals surface area contributed by atoms with Crippen molar-refractivity contribution in [3.63, 3.8) is 0 Å². The second-order valence-corrected chi connectivity index (χ2v) is 9.85. The lowest BCUT2D eigenvalue weighted by molar-refractivity contribution is -0.188. The van der Waals surface area contributed by atoms with E-state index in [1.54, 1.807) is 46.1 Å². The fourth-order valence-electron chi connectivity index (χ4n) is 5.03. The van der Waals surface area contributed by atoms with Crippen molar-refractivity contribution < 1.29 is 27.9 Å². The molecule has 4 amide bonds. The number of ether oxygens (including phenoxy) is 1. The van der Waals surface area contributed by atoms with Gasteiger partial charge >= 0.3 is 6.03 Å². The predicted octanol–water partition coefficient (Wildman–Crippen LogP) is 3.11. The summed E-state index contributed by atoms with van der Waals surface area (Å²) in [5, 5.41) is 5.90. The van der Waals surface area contributed by atoms with Crippen LogP contribution in [0, 0.1) is 11.6 Å². The molecule has 9 nitrogen and oxygen atoms in total. The molecule has 2 fully saturated rings. The number of unbranched alkanes of at least 4 members (excludes halogenated alkanes) is 1. The molecule has 0 aliphatic carbocycles. The first kappa shape index (κ1) is 28.4. The number of fused-ring (bicyclic) bond motifs is 1. The van der Waals surface area contributed by atoms with E-state index in [4.69, 9.17) is 4.74 Å². The minimum absolute atomic E-state index is 0.0346. The Balaban J connectivity index is 1.47. The van der Waals surface area contributed by atoms with Crippen molar-refractivity contribution in [1.82, 2.24) is 25.1 Å². The largest absolute Gasteiger partial charge is 0.375 e. The Bertz CT molecular complexity index is 1160. The molecule has 2 aliphatic rings. The van der Waals surface area contributed by atoms with E-state index in [1.165, 1.54) is 29.3 Å². The third-order valence-corrected chi connectivity index (χ3v) is 7.00. The van der Waals surface area contributed by atoms with E-state index >= 15 is 0 Å². The quantitative estimate of drug-likeness (QED) is 0.466. The van der Waals surface area contributed by atoms with Gasteiger partial charge in [0.15, 0.2) is 0 Å². The average Bonchev–Trinajstić information content (AvgIpc) is 2.90. The maximum Gasteiger partial charge on any atom is 0.334 e. The topological polar surface area (TPSA) is 85.4 Å². The van der Waals surface area contributed by atoms with Crippen molar-refractivity contribution in [1.29, 1.82) is 0 Å². The van der Waals surface area contributed by atoms with Crippen molar-refractivity contribution in [2.75, 3.05) is 33.3 Å². The van der Waals surface area contributed by atoms with E-state index in [-0.39, 0.29) is 62.8 Å². The molecule has 2 aromatic rings. The second kappa shape index (κ2) is 13.0. The Morgan fingerprint density at radius 2 is 1.85 bits per heavy atom. The number of hydrogen-bond donors (Lipinski definition) is 1. The Labute approximate surface area is 227 Å². The minimum atomic E-state index is -0.688.